The summed E-state index contributed by atoms with van der Waals surface area (Å²) in [6.45, 7) is 2.13. The van der Waals surface area contributed by atoms with Gasteiger partial charge in [-0.2, -0.15) is 0 Å². The third kappa shape index (κ3) is 11.7. The van der Waals surface area contributed by atoms with Crippen LogP contribution in [-0.4, -0.2) is 23.7 Å². The molecule has 0 saturated heterocycles. The van der Waals surface area contributed by atoms with Crippen LogP contribution in [0.5, 0.6) is 0 Å². The Morgan fingerprint density at radius 1 is 0.828 bits per heavy atom. The van der Waals surface area contributed by atoms with Crippen molar-refractivity contribution in [3.05, 3.63) is 35.4 Å². The topological polar surface area (TPSA) is 63.6 Å². The fourth-order valence-corrected chi connectivity index (χ4v) is 2.91. The summed E-state index contributed by atoms with van der Waals surface area (Å²) in [4.78, 5) is 23.0. The molecule has 0 unspecified atom stereocenters. The van der Waals surface area contributed by atoms with Crippen molar-refractivity contribution >= 4 is 11.9 Å². The van der Waals surface area contributed by atoms with E-state index < -0.39 is 11.9 Å². The normalized spacial score (nSPS) is 9.69. The highest BCUT2D eigenvalue weighted by molar-refractivity contribution is 6.02. The van der Waals surface area contributed by atoms with Gasteiger partial charge in [0.15, 0.2) is 6.61 Å². The largest absolute Gasteiger partial charge is 0.478 e. The molecule has 0 spiro atoms. The van der Waals surface area contributed by atoms with Crippen LogP contribution in [0.3, 0.4) is 0 Å². The third-order valence-electron chi connectivity index (χ3n) is 4.55. The molecule has 4 nitrogen and oxygen atoms in total. The lowest BCUT2D eigenvalue weighted by Crippen LogP contribution is -2.11. The molecule has 156 valence electrons. The monoisotopic (exact) mass is 396 g/mol. The predicted molar refractivity (Wildman–Crippen MR) is 116 cm³/mol. The Hall–Kier alpha value is -2.72. The Morgan fingerprint density at radius 3 is 2.00 bits per heavy atom. The summed E-state index contributed by atoms with van der Waals surface area (Å²) in [5.74, 6) is 9.23. The Kier molecular flexibility index (Phi) is 13.6. The molecule has 0 fully saturated rings. The lowest BCUT2D eigenvalue weighted by Gasteiger charge is -2.04. The predicted octanol–water partition coefficient (Wildman–Crippen LogP) is 5.86. The molecular formula is C25H32O4. The van der Waals surface area contributed by atoms with E-state index in [1.54, 1.807) is 12.1 Å². The maximum absolute atomic E-state index is 11.9. The third-order valence-corrected chi connectivity index (χ3v) is 4.55. The fraction of sp³-hybridized carbons (Fsp3) is 0.520. The molecule has 1 rings (SSSR count). The second-order valence-corrected chi connectivity index (χ2v) is 6.96. The minimum atomic E-state index is -1.17. The molecule has 0 aliphatic heterocycles. The van der Waals surface area contributed by atoms with Gasteiger partial charge in [-0.15, -0.1) is 0 Å². The van der Waals surface area contributed by atoms with Crippen molar-refractivity contribution in [1.29, 1.82) is 0 Å². The maximum atomic E-state index is 11.9. The van der Waals surface area contributed by atoms with E-state index in [2.05, 4.69) is 30.6 Å². The Bertz CT molecular complexity index is 743. The highest BCUT2D eigenvalue weighted by atomic mass is 16.5. The molecule has 29 heavy (non-hydrogen) atoms. The molecule has 0 aliphatic rings. The number of carbonyl (C=O) groups excluding carboxylic acids is 1. The van der Waals surface area contributed by atoms with E-state index in [0.29, 0.717) is 0 Å². The number of esters is 1. The van der Waals surface area contributed by atoms with Crippen molar-refractivity contribution in [2.75, 3.05) is 6.61 Å². The van der Waals surface area contributed by atoms with Crippen LogP contribution >= 0.6 is 0 Å². The van der Waals surface area contributed by atoms with Gasteiger partial charge in [0.05, 0.1) is 11.1 Å². The zero-order chi connectivity index (χ0) is 21.2. The Morgan fingerprint density at radius 2 is 1.38 bits per heavy atom. The molecule has 0 radical (unpaired) electrons. The molecule has 0 saturated carbocycles. The van der Waals surface area contributed by atoms with Crippen LogP contribution in [-0.2, 0) is 4.74 Å². The van der Waals surface area contributed by atoms with E-state index in [9.17, 15) is 9.59 Å². The number of unbranched alkanes of at least 4 members (excludes halogenated alkanes) is 10. The molecule has 1 N–H and O–H groups in total. The van der Waals surface area contributed by atoms with Crippen LogP contribution in [0.15, 0.2) is 24.3 Å². The van der Waals surface area contributed by atoms with E-state index in [1.807, 2.05) is 0 Å². The molecule has 0 amide bonds. The summed E-state index contributed by atoms with van der Waals surface area (Å²) in [6, 6.07) is 5.94. The highest BCUT2D eigenvalue weighted by Crippen LogP contribution is 2.11. The van der Waals surface area contributed by atoms with Gasteiger partial charge in [-0.1, -0.05) is 82.8 Å². The number of aromatic carboxylic acids is 1. The van der Waals surface area contributed by atoms with Crippen molar-refractivity contribution in [2.45, 2.75) is 77.6 Å². The standard InChI is InChI=1S/C25H32O4/c1-2-3-4-5-6-7-8-9-10-11-12-13-14-15-18-21-29-25(28)23-20-17-16-19-22(23)24(26)27/h16-17,19-20H,2-12,21H2,1H3,(H,26,27). The number of benzene rings is 1. The van der Waals surface area contributed by atoms with E-state index in [1.165, 1.54) is 69.9 Å². The second kappa shape index (κ2) is 16.3. The molecule has 0 heterocycles. The molecule has 0 atom stereocenters. The summed E-state index contributed by atoms with van der Waals surface area (Å²) in [5.41, 5.74) is -0.0596. The van der Waals surface area contributed by atoms with Gasteiger partial charge in [0, 0.05) is 6.42 Å². The molecule has 0 aliphatic carbocycles. The maximum Gasteiger partial charge on any atom is 0.339 e. The molecule has 0 bridgehead atoms. The first-order valence-electron chi connectivity index (χ1n) is 10.6. The van der Waals surface area contributed by atoms with Gasteiger partial charge >= 0.3 is 11.9 Å². The minimum Gasteiger partial charge on any atom is -0.478 e. The van der Waals surface area contributed by atoms with Gasteiger partial charge in [-0.3, -0.25) is 0 Å². The average molecular weight is 397 g/mol. The zero-order valence-corrected chi connectivity index (χ0v) is 17.5. The molecule has 1 aromatic rings. The summed E-state index contributed by atoms with van der Waals surface area (Å²) in [5, 5.41) is 9.07. The zero-order valence-electron chi connectivity index (χ0n) is 17.5. The quantitative estimate of drug-likeness (QED) is 0.258. The SMILES string of the molecule is CCCCCCCCCCCCC#CC#CCOC(=O)c1ccccc1C(=O)O. The Labute approximate surface area is 175 Å². The number of rotatable bonds is 13. The van der Waals surface area contributed by atoms with Crippen LogP contribution in [0.2, 0.25) is 0 Å². The number of carbonyl (C=O) groups is 2. The van der Waals surface area contributed by atoms with Gasteiger partial charge in [-0.25, -0.2) is 9.59 Å². The molecule has 1 aromatic carbocycles. The lowest BCUT2D eigenvalue weighted by molar-refractivity contribution is 0.0543. The van der Waals surface area contributed by atoms with Crippen LogP contribution < -0.4 is 0 Å². The van der Waals surface area contributed by atoms with Gasteiger partial charge in [0.25, 0.3) is 0 Å². The van der Waals surface area contributed by atoms with Crippen molar-refractivity contribution in [3.63, 3.8) is 0 Å². The van der Waals surface area contributed by atoms with E-state index in [4.69, 9.17) is 9.84 Å². The van der Waals surface area contributed by atoms with Crippen molar-refractivity contribution in [3.8, 4) is 23.7 Å². The lowest BCUT2D eigenvalue weighted by atomic mass is 10.1. The van der Waals surface area contributed by atoms with Gasteiger partial charge in [-0.05, 0) is 36.3 Å². The van der Waals surface area contributed by atoms with Crippen LogP contribution in [0.1, 0.15) is 98.3 Å². The summed E-state index contributed by atoms with van der Waals surface area (Å²) in [6.07, 6.45) is 13.8. The van der Waals surface area contributed by atoms with Gasteiger partial charge in [0.1, 0.15) is 0 Å². The smallest absolute Gasteiger partial charge is 0.339 e. The number of carboxylic acid groups (broad SMARTS) is 1. The summed E-state index contributed by atoms with van der Waals surface area (Å²) >= 11 is 0. The Balaban J connectivity index is 2.10. The number of hydrogen-bond donors (Lipinski definition) is 1. The first-order chi connectivity index (χ1) is 14.2. The highest BCUT2D eigenvalue weighted by Gasteiger charge is 2.16. The second-order valence-electron chi connectivity index (χ2n) is 6.96. The van der Waals surface area contributed by atoms with E-state index >= 15 is 0 Å². The van der Waals surface area contributed by atoms with Crippen LogP contribution in [0.4, 0.5) is 0 Å². The van der Waals surface area contributed by atoms with E-state index in [0.717, 1.165) is 12.8 Å². The number of carboxylic acids is 1. The fourth-order valence-electron chi connectivity index (χ4n) is 2.91. The van der Waals surface area contributed by atoms with Crippen LogP contribution in [0, 0.1) is 23.7 Å². The van der Waals surface area contributed by atoms with Crippen LogP contribution in [0.25, 0.3) is 0 Å². The molecule has 4 heteroatoms. The first-order valence-corrected chi connectivity index (χ1v) is 10.6. The number of ether oxygens (including phenoxy) is 1. The summed E-state index contributed by atoms with van der Waals surface area (Å²) in [7, 11) is 0. The van der Waals surface area contributed by atoms with E-state index in [-0.39, 0.29) is 17.7 Å². The number of hydrogen-bond acceptors (Lipinski definition) is 3. The molecular weight excluding hydrogens is 364 g/mol. The van der Waals surface area contributed by atoms with Crippen molar-refractivity contribution in [2.24, 2.45) is 0 Å². The first kappa shape index (κ1) is 24.3. The molecule has 0 aromatic heterocycles. The van der Waals surface area contributed by atoms with Gasteiger partial charge < -0.3 is 9.84 Å². The van der Waals surface area contributed by atoms with Crippen molar-refractivity contribution < 1.29 is 19.4 Å². The average Bonchev–Trinajstić information content (AvgIpc) is 2.73. The van der Waals surface area contributed by atoms with Gasteiger partial charge in [0.2, 0.25) is 0 Å². The summed E-state index contributed by atoms with van der Waals surface area (Å²) < 4.78 is 4.99. The minimum absolute atomic E-state index is 0.0221. The van der Waals surface area contributed by atoms with Crippen molar-refractivity contribution in [1.82, 2.24) is 0 Å².